The molecule has 1 N–H and O–H groups in total. The zero-order valence-electron chi connectivity index (χ0n) is 13.5. The van der Waals surface area contributed by atoms with Crippen LogP contribution in [0.15, 0.2) is 47.8 Å². The minimum absolute atomic E-state index is 0.170. The Kier molecular flexibility index (Phi) is 5.89. The third-order valence-corrected chi connectivity index (χ3v) is 5.00. The quantitative estimate of drug-likeness (QED) is 0.646. The van der Waals surface area contributed by atoms with Crippen molar-refractivity contribution in [1.29, 1.82) is 5.26 Å². The molecule has 26 heavy (non-hydrogen) atoms. The van der Waals surface area contributed by atoms with Crippen molar-refractivity contribution in [2.24, 2.45) is 0 Å². The van der Waals surface area contributed by atoms with Crippen molar-refractivity contribution >= 4 is 46.1 Å². The van der Waals surface area contributed by atoms with Crippen molar-refractivity contribution in [2.45, 2.75) is 12.8 Å². The van der Waals surface area contributed by atoms with Gasteiger partial charge in [-0.25, -0.2) is 4.98 Å². The largest absolute Gasteiger partial charge is 0.326 e. The monoisotopic (exact) mass is 401 g/mol. The highest BCUT2D eigenvalue weighted by Crippen LogP contribution is 2.21. The molecule has 1 amide bonds. The number of thiazole rings is 1. The number of rotatable bonds is 5. The highest BCUT2D eigenvalue weighted by atomic mass is 35.5. The van der Waals surface area contributed by atoms with Gasteiger partial charge in [-0.1, -0.05) is 35.3 Å². The Labute approximate surface area is 165 Å². The fraction of sp³-hybridized carbons (Fsp3) is 0.105. The van der Waals surface area contributed by atoms with E-state index >= 15 is 0 Å². The summed E-state index contributed by atoms with van der Waals surface area (Å²) in [5, 5.41) is 15.4. The second-order valence-electron chi connectivity index (χ2n) is 5.57. The van der Waals surface area contributed by atoms with E-state index in [1.54, 1.807) is 18.2 Å². The standard InChI is InChI=1S/C19H13Cl2N3OS/c20-14-3-1-2-12(6-14)7-19-24-16(11-26-19)9-18(25)23-15-5-4-13(10-22)17(21)8-15/h1-6,8,11H,7,9H2,(H,23,25). The van der Waals surface area contributed by atoms with Crippen LogP contribution in [0.5, 0.6) is 0 Å². The number of hydrogen-bond donors (Lipinski definition) is 1. The van der Waals surface area contributed by atoms with Crippen molar-refractivity contribution in [3.63, 3.8) is 0 Å². The van der Waals surface area contributed by atoms with Gasteiger partial charge in [0.05, 0.1) is 27.7 Å². The van der Waals surface area contributed by atoms with E-state index in [1.165, 1.54) is 11.3 Å². The summed E-state index contributed by atoms with van der Waals surface area (Å²) in [7, 11) is 0. The summed E-state index contributed by atoms with van der Waals surface area (Å²) >= 11 is 13.5. The molecule has 4 nitrogen and oxygen atoms in total. The molecule has 1 heterocycles. The van der Waals surface area contributed by atoms with Gasteiger partial charge in [0.1, 0.15) is 6.07 Å². The molecule has 1 aromatic heterocycles. The third kappa shape index (κ3) is 4.83. The van der Waals surface area contributed by atoms with Crippen LogP contribution in [0.4, 0.5) is 5.69 Å². The molecular formula is C19H13Cl2N3OS. The molecule has 0 unspecified atom stereocenters. The summed E-state index contributed by atoms with van der Waals surface area (Å²) in [4.78, 5) is 16.7. The molecule has 3 rings (SSSR count). The SMILES string of the molecule is N#Cc1ccc(NC(=O)Cc2csc(Cc3cccc(Cl)c3)n2)cc1Cl. The van der Waals surface area contributed by atoms with Crippen LogP contribution in [-0.4, -0.2) is 10.9 Å². The van der Waals surface area contributed by atoms with Gasteiger partial charge in [-0.05, 0) is 35.9 Å². The van der Waals surface area contributed by atoms with Crippen LogP contribution in [0.1, 0.15) is 21.8 Å². The molecule has 0 saturated carbocycles. The number of halogens is 2. The van der Waals surface area contributed by atoms with Crippen LogP contribution in [0, 0.1) is 11.3 Å². The first-order valence-electron chi connectivity index (χ1n) is 7.71. The summed E-state index contributed by atoms with van der Waals surface area (Å²) in [5.74, 6) is -0.189. The van der Waals surface area contributed by atoms with E-state index < -0.39 is 0 Å². The zero-order valence-corrected chi connectivity index (χ0v) is 15.8. The van der Waals surface area contributed by atoms with Crippen molar-refractivity contribution in [3.8, 4) is 6.07 Å². The van der Waals surface area contributed by atoms with Crippen LogP contribution in [0.25, 0.3) is 0 Å². The summed E-state index contributed by atoms with van der Waals surface area (Å²) in [5.41, 5.74) is 2.71. The Morgan fingerprint density at radius 1 is 1.23 bits per heavy atom. The van der Waals surface area contributed by atoms with E-state index in [1.807, 2.05) is 35.7 Å². The Hall–Kier alpha value is -2.39. The number of nitrogens with zero attached hydrogens (tertiary/aromatic N) is 2. The topological polar surface area (TPSA) is 65.8 Å². The molecule has 0 aliphatic heterocycles. The fourth-order valence-electron chi connectivity index (χ4n) is 2.39. The number of anilines is 1. The Balaban J connectivity index is 1.61. The van der Waals surface area contributed by atoms with Crippen LogP contribution in [0.2, 0.25) is 10.0 Å². The number of carbonyl (C=O) groups is 1. The van der Waals surface area contributed by atoms with Crippen molar-refractivity contribution in [2.75, 3.05) is 5.32 Å². The lowest BCUT2D eigenvalue weighted by atomic mass is 10.2. The number of amides is 1. The maximum atomic E-state index is 12.2. The molecule has 0 atom stereocenters. The lowest BCUT2D eigenvalue weighted by Crippen LogP contribution is -2.14. The van der Waals surface area contributed by atoms with Crippen molar-refractivity contribution in [1.82, 2.24) is 4.98 Å². The Morgan fingerprint density at radius 2 is 2.08 bits per heavy atom. The molecular weight excluding hydrogens is 389 g/mol. The highest BCUT2D eigenvalue weighted by Gasteiger charge is 2.10. The fourth-order valence-corrected chi connectivity index (χ4v) is 3.65. The van der Waals surface area contributed by atoms with Gasteiger partial charge in [-0.2, -0.15) is 5.26 Å². The first kappa shape index (κ1) is 18.4. The summed E-state index contributed by atoms with van der Waals surface area (Å²) in [6.45, 7) is 0. The summed E-state index contributed by atoms with van der Waals surface area (Å²) in [6.07, 6.45) is 0.849. The normalized spacial score (nSPS) is 10.3. The first-order valence-corrected chi connectivity index (χ1v) is 9.34. The number of nitrogens with one attached hydrogen (secondary N) is 1. The molecule has 0 fully saturated rings. The average molecular weight is 402 g/mol. The lowest BCUT2D eigenvalue weighted by molar-refractivity contribution is -0.115. The van der Waals surface area contributed by atoms with Crippen molar-refractivity contribution in [3.05, 3.63) is 79.7 Å². The molecule has 0 aliphatic rings. The van der Waals surface area contributed by atoms with Gasteiger partial charge in [0.25, 0.3) is 0 Å². The van der Waals surface area contributed by atoms with Gasteiger partial charge in [-0.3, -0.25) is 4.79 Å². The molecule has 0 saturated heterocycles. The zero-order chi connectivity index (χ0) is 18.5. The average Bonchev–Trinajstić information content (AvgIpc) is 3.01. The van der Waals surface area contributed by atoms with Crippen LogP contribution in [0.3, 0.4) is 0 Å². The van der Waals surface area contributed by atoms with Gasteiger partial charge in [0, 0.05) is 22.5 Å². The second kappa shape index (κ2) is 8.33. The van der Waals surface area contributed by atoms with Gasteiger partial charge >= 0.3 is 0 Å². The Morgan fingerprint density at radius 3 is 2.81 bits per heavy atom. The molecule has 3 aromatic rings. The van der Waals surface area contributed by atoms with E-state index in [0.717, 1.165) is 10.6 Å². The highest BCUT2D eigenvalue weighted by molar-refractivity contribution is 7.09. The molecule has 0 aliphatic carbocycles. The minimum Gasteiger partial charge on any atom is -0.326 e. The predicted molar refractivity (Wildman–Crippen MR) is 105 cm³/mol. The number of aromatic nitrogens is 1. The van der Waals surface area contributed by atoms with Gasteiger partial charge in [0.15, 0.2) is 0 Å². The number of hydrogen-bond acceptors (Lipinski definition) is 4. The van der Waals surface area contributed by atoms with Crippen LogP contribution in [-0.2, 0) is 17.6 Å². The van der Waals surface area contributed by atoms with Crippen molar-refractivity contribution < 1.29 is 4.79 Å². The van der Waals surface area contributed by atoms with Gasteiger partial charge in [-0.15, -0.1) is 11.3 Å². The third-order valence-electron chi connectivity index (χ3n) is 3.56. The second-order valence-corrected chi connectivity index (χ2v) is 7.36. The van der Waals surface area contributed by atoms with E-state index in [9.17, 15) is 4.79 Å². The summed E-state index contributed by atoms with van der Waals surface area (Å²) < 4.78 is 0. The predicted octanol–water partition coefficient (Wildman–Crippen LogP) is 5.09. The van der Waals surface area contributed by atoms with E-state index in [2.05, 4.69) is 10.3 Å². The smallest absolute Gasteiger partial charge is 0.230 e. The van der Waals surface area contributed by atoms with Gasteiger partial charge < -0.3 is 5.32 Å². The molecule has 0 spiro atoms. The van der Waals surface area contributed by atoms with Crippen LogP contribution < -0.4 is 5.32 Å². The lowest BCUT2D eigenvalue weighted by Gasteiger charge is -2.05. The molecule has 0 bridgehead atoms. The Bertz CT molecular complexity index is 994. The van der Waals surface area contributed by atoms with E-state index in [-0.39, 0.29) is 12.3 Å². The van der Waals surface area contributed by atoms with E-state index in [0.29, 0.717) is 33.4 Å². The number of nitriles is 1. The van der Waals surface area contributed by atoms with Crippen LogP contribution >= 0.6 is 34.5 Å². The maximum Gasteiger partial charge on any atom is 0.230 e. The molecule has 0 radical (unpaired) electrons. The minimum atomic E-state index is -0.189. The molecule has 7 heteroatoms. The summed E-state index contributed by atoms with van der Waals surface area (Å²) in [6, 6.07) is 14.4. The maximum absolute atomic E-state index is 12.2. The molecule has 130 valence electrons. The first-order chi connectivity index (χ1) is 12.5. The van der Waals surface area contributed by atoms with E-state index in [4.69, 9.17) is 28.5 Å². The molecule has 2 aromatic carbocycles. The number of carbonyl (C=O) groups excluding carboxylic acids is 1. The number of benzene rings is 2. The van der Waals surface area contributed by atoms with Gasteiger partial charge in [0.2, 0.25) is 5.91 Å².